The third-order valence-electron chi connectivity index (χ3n) is 6.98. The van der Waals surface area contributed by atoms with Crippen LogP contribution in [0.15, 0.2) is 36.4 Å². The van der Waals surface area contributed by atoms with Gasteiger partial charge < -0.3 is 37.9 Å². The van der Waals surface area contributed by atoms with Crippen molar-refractivity contribution in [1.82, 2.24) is 0 Å². The van der Waals surface area contributed by atoms with Crippen molar-refractivity contribution in [3.05, 3.63) is 47.5 Å². The van der Waals surface area contributed by atoms with Gasteiger partial charge in [0.25, 0.3) is 0 Å². The standard InChI is InChI=1S/C32H50O8/c1-9-32(4,11-10-13-37-23-25-17-27(33-5)21-28(18-25)34-6)40-14-12-31(2,3)39-16-15-38-24-26-19-29(35-7)22-30(20-26)36-8/h17-22H,9-16,23-24H2,1-8H3. The monoisotopic (exact) mass is 562 g/mol. The molecule has 0 spiro atoms. The van der Waals surface area contributed by atoms with Crippen LogP contribution in [-0.2, 0) is 32.2 Å². The van der Waals surface area contributed by atoms with Gasteiger partial charge in [-0.25, -0.2) is 0 Å². The molecule has 2 aromatic carbocycles. The Morgan fingerprint density at radius 1 is 0.550 bits per heavy atom. The van der Waals surface area contributed by atoms with Gasteiger partial charge in [0.05, 0.1) is 72.7 Å². The first-order valence-corrected chi connectivity index (χ1v) is 14.0. The van der Waals surface area contributed by atoms with Crippen LogP contribution in [-0.4, -0.2) is 66.1 Å². The second-order valence-electron chi connectivity index (χ2n) is 10.7. The summed E-state index contributed by atoms with van der Waals surface area (Å²) in [4.78, 5) is 0. The van der Waals surface area contributed by atoms with Crippen molar-refractivity contribution in [3.63, 3.8) is 0 Å². The highest BCUT2D eigenvalue weighted by Gasteiger charge is 2.25. The zero-order valence-electron chi connectivity index (χ0n) is 25.8. The molecular weight excluding hydrogens is 512 g/mol. The lowest BCUT2D eigenvalue weighted by Gasteiger charge is -2.32. The third-order valence-corrected chi connectivity index (χ3v) is 6.98. The van der Waals surface area contributed by atoms with Crippen LogP contribution in [0.2, 0.25) is 0 Å². The van der Waals surface area contributed by atoms with Gasteiger partial charge in [-0.3, -0.25) is 0 Å². The SMILES string of the molecule is CCC(C)(CCCOCc1cc(OC)cc(OC)c1)OCCC(C)(C)OCCOCc1cc(OC)cc(OC)c1. The number of methoxy groups -OCH3 is 4. The fraction of sp³-hybridized carbons (Fsp3) is 0.625. The average molecular weight is 563 g/mol. The molecule has 0 amide bonds. The van der Waals surface area contributed by atoms with E-state index >= 15 is 0 Å². The summed E-state index contributed by atoms with van der Waals surface area (Å²) in [5.41, 5.74) is 1.52. The van der Waals surface area contributed by atoms with Crippen LogP contribution in [0, 0.1) is 0 Å². The second-order valence-corrected chi connectivity index (χ2v) is 10.7. The molecule has 2 rings (SSSR count). The fourth-order valence-electron chi connectivity index (χ4n) is 4.17. The Bertz CT molecular complexity index is 948. The van der Waals surface area contributed by atoms with E-state index in [1.54, 1.807) is 28.4 Å². The predicted molar refractivity (Wildman–Crippen MR) is 157 cm³/mol. The molecular formula is C32H50O8. The number of hydrogen-bond donors (Lipinski definition) is 0. The van der Waals surface area contributed by atoms with E-state index in [1.165, 1.54) is 0 Å². The van der Waals surface area contributed by atoms with E-state index in [1.807, 2.05) is 36.4 Å². The van der Waals surface area contributed by atoms with Crippen molar-refractivity contribution >= 4 is 0 Å². The molecule has 0 aliphatic rings. The van der Waals surface area contributed by atoms with E-state index < -0.39 is 0 Å². The number of benzene rings is 2. The molecule has 0 aromatic heterocycles. The van der Waals surface area contributed by atoms with E-state index in [2.05, 4.69) is 27.7 Å². The van der Waals surface area contributed by atoms with Crippen LogP contribution >= 0.6 is 0 Å². The molecule has 226 valence electrons. The molecule has 0 fully saturated rings. The van der Waals surface area contributed by atoms with Crippen LogP contribution in [0.5, 0.6) is 23.0 Å². The third kappa shape index (κ3) is 12.3. The summed E-state index contributed by atoms with van der Waals surface area (Å²) in [6, 6.07) is 11.5. The smallest absolute Gasteiger partial charge is 0.122 e. The van der Waals surface area contributed by atoms with Gasteiger partial charge in [0.2, 0.25) is 0 Å². The molecule has 8 heteroatoms. The van der Waals surface area contributed by atoms with Gasteiger partial charge >= 0.3 is 0 Å². The normalized spacial score (nSPS) is 13.1. The van der Waals surface area contributed by atoms with Crippen LogP contribution < -0.4 is 18.9 Å². The molecule has 0 saturated carbocycles. The summed E-state index contributed by atoms with van der Waals surface area (Å²) >= 11 is 0. The van der Waals surface area contributed by atoms with Crippen molar-refractivity contribution in [3.8, 4) is 23.0 Å². The molecule has 0 saturated heterocycles. The predicted octanol–water partition coefficient (Wildman–Crippen LogP) is 6.61. The van der Waals surface area contributed by atoms with Crippen molar-refractivity contribution in [2.45, 2.75) is 77.8 Å². The van der Waals surface area contributed by atoms with Crippen molar-refractivity contribution in [2.75, 3.05) is 54.9 Å². The van der Waals surface area contributed by atoms with E-state index in [0.717, 1.165) is 59.8 Å². The fourth-order valence-corrected chi connectivity index (χ4v) is 4.17. The summed E-state index contributed by atoms with van der Waals surface area (Å²) in [5, 5.41) is 0. The molecule has 0 heterocycles. The Kier molecular flexibility index (Phi) is 14.6. The quantitative estimate of drug-likeness (QED) is 0.158. The first-order valence-electron chi connectivity index (χ1n) is 14.0. The van der Waals surface area contributed by atoms with Crippen LogP contribution in [0.1, 0.15) is 64.5 Å². The van der Waals surface area contributed by atoms with Gasteiger partial charge in [-0.15, -0.1) is 0 Å². The molecule has 2 aromatic rings. The highest BCUT2D eigenvalue weighted by molar-refractivity contribution is 5.38. The van der Waals surface area contributed by atoms with Crippen molar-refractivity contribution in [2.24, 2.45) is 0 Å². The Morgan fingerprint density at radius 2 is 1.02 bits per heavy atom. The van der Waals surface area contributed by atoms with Crippen molar-refractivity contribution < 1.29 is 37.9 Å². The van der Waals surface area contributed by atoms with Crippen LogP contribution in [0.3, 0.4) is 0 Å². The minimum absolute atomic E-state index is 0.195. The van der Waals surface area contributed by atoms with E-state index in [-0.39, 0.29) is 11.2 Å². The second kappa shape index (κ2) is 17.3. The first-order chi connectivity index (χ1) is 19.2. The van der Waals surface area contributed by atoms with Gasteiger partial charge in [0.15, 0.2) is 0 Å². The van der Waals surface area contributed by atoms with Gasteiger partial charge in [-0.05, 0) is 81.8 Å². The largest absolute Gasteiger partial charge is 0.497 e. The van der Waals surface area contributed by atoms with Gasteiger partial charge in [-0.2, -0.15) is 0 Å². The van der Waals surface area contributed by atoms with Gasteiger partial charge in [0.1, 0.15) is 23.0 Å². The maximum absolute atomic E-state index is 6.35. The minimum Gasteiger partial charge on any atom is -0.497 e. The Hall–Kier alpha value is -2.52. The minimum atomic E-state index is -0.307. The van der Waals surface area contributed by atoms with Gasteiger partial charge in [-0.1, -0.05) is 6.92 Å². The highest BCUT2D eigenvalue weighted by Crippen LogP contribution is 2.26. The molecule has 1 atom stereocenters. The van der Waals surface area contributed by atoms with E-state index in [4.69, 9.17) is 37.9 Å². The lowest BCUT2D eigenvalue weighted by molar-refractivity contribution is -0.0931. The molecule has 0 N–H and O–H groups in total. The summed E-state index contributed by atoms with van der Waals surface area (Å²) in [7, 11) is 6.57. The molecule has 0 aliphatic carbocycles. The molecule has 0 bridgehead atoms. The number of hydrogen-bond acceptors (Lipinski definition) is 8. The number of ether oxygens (including phenoxy) is 8. The summed E-state index contributed by atoms with van der Waals surface area (Å²) in [6.07, 6.45) is 3.57. The van der Waals surface area contributed by atoms with Crippen LogP contribution in [0.25, 0.3) is 0 Å². The molecule has 1 unspecified atom stereocenters. The van der Waals surface area contributed by atoms with Gasteiger partial charge in [0, 0.05) is 18.7 Å². The zero-order valence-corrected chi connectivity index (χ0v) is 25.8. The lowest BCUT2D eigenvalue weighted by atomic mass is 9.96. The Morgan fingerprint density at radius 3 is 1.48 bits per heavy atom. The Labute approximate surface area is 241 Å². The summed E-state index contributed by atoms with van der Waals surface area (Å²) < 4.78 is 45.5. The van der Waals surface area contributed by atoms with E-state index in [0.29, 0.717) is 39.6 Å². The molecule has 0 aliphatic heterocycles. The van der Waals surface area contributed by atoms with Crippen molar-refractivity contribution in [1.29, 1.82) is 0 Å². The first kappa shape index (κ1) is 33.7. The molecule has 0 radical (unpaired) electrons. The van der Waals surface area contributed by atoms with Crippen LogP contribution in [0.4, 0.5) is 0 Å². The molecule has 40 heavy (non-hydrogen) atoms. The van der Waals surface area contributed by atoms with E-state index in [9.17, 15) is 0 Å². The Balaban J connectivity index is 1.64. The maximum Gasteiger partial charge on any atom is 0.122 e. The summed E-state index contributed by atoms with van der Waals surface area (Å²) in [5.74, 6) is 3.02. The maximum atomic E-state index is 6.35. The molecule has 8 nitrogen and oxygen atoms in total. The average Bonchev–Trinajstić information content (AvgIpc) is 2.96. The highest BCUT2D eigenvalue weighted by atomic mass is 16.5. The lowest BCUT2D eigenvalue weighted by Crippen LogP contribution is -2.33. The number of rotatable bonds is 21. The topological polar surface area (TPSA) is 73.8 Å². The zero-order chi connectivity index (χ0) is 29.4. The summed E-state index contributed by atoms with van der Waals surface area (Å²) in [6.45, 7) is 11.8.